The van der Waals surface area contributed by atoms with E-state index in [1.54, 1.807) is 17.9 Å². The van der Waals surface area contributed by atoms with Crippen molar-refractivity contribution in [1.82, 2.24) is 14.9 Å². The zero-order valence-electron chi connectivity index (χ0n) is 12.3. The predicted octanol–water partition coefficient (Wildman–Crippen LogP) is 0.846. The molecule has 1 aliphatic heterocycles. The maximum absolute atomic E-state index is 12.6. The highest BCUT2D eigenvalue weighted by atomic mass is 16.3. The second-order valence-electron chi connectivity index (χ2n) is 6.36. The molecule has 0 aromatic carbocycles. The summed E-state index contributed by atoms with van der Waals surface area (Å²) in [6.45, 7) is 2.97. The molecule has 2 atom stereocenters. The first-order chi connectivity index (χ1) is 10.00. The Morgan fingerprint density at radius 1 is 1.48 bits per heavy atom. The molecule has 2 aliphatic rings. The lowest BCUT2D eigenvalue weighted by Gasteiger charge is -2.42. The fourth-order valence-electron chi connectivity index (χ4n) is 3.78. The van der Waals surface area contributed by atoms with Crippen LogP contribution in [-0.4, -0.2) is 45.1 Å². The van der Waals surface area contributed by atoms with E-state index in [1.165, 1.54) is 0 Å². The van der Waals surface area contributed by atoms with E-state index in [0.29, 0.717) is 18.8 Å². The highest BCUT2D eigenvalue weighted by molar-refractivity contribution is 5.92. The van der Waals surface area contributed by atoms with Crippen LogP contribution in [0.5, 0.6) is 0 Å². The quantitative estimate of drug-likeness (QED) is 0.803. The number of carbonyl (C=O) groups excluding carboxylic acids is 1. The molecule has 2 heterocycles. The van der Waals surface area contributed by atoms with Gasteiger partial charge in [0.2, 0.25) is 0 Å². The van der Waals surface area contributed by atoms with Crippen molar-refractivity contribution < 1.29 is 9.90 Å². The van der Waals surface area contributed by atoms with Crippen LogP contribution in [0.4, 0.5) is 0 Å². The molecule has 0 bridgehead atoms. The standard InChI is InChI=1S/C15H21N3O3/c1-10-8-11(17-14(21)16-10)13(20)18-7-3-6-15(9-18)5-2-4-12(15)19/h8,12,19H,2-7,9H2,1H3,(H,16,17,21)/t12-,15-/m1/s1. The van der Waals surface area contributed by atoms with Crippen molar-refractivity contribution in [3.63, 3.8) is 0 Å². The van der Waals surface area contributed by atoms with Crippen molar-refractivity contribution >= 4 is 5.91 Å². The number of nitrogens with one attached hydrogen (secondary N) is 1. The predicted molar refractivity (Wildman–Crippen MR) is 77.0 cm³/mol. The maximum atomic E-state index is 12.6. The fraction of sp³-hybridized carbons (Fsp3) is 0.667. The fourth-order valence-corrected chi connectivity index (χ4v) is 3.78. The molecular formula is C15H21N3O3. The Kier molecular flexibility index (Phi) is 3.57. The Hall–Kier alpha value is -1.69. The van der Waals surface area contributed by atoms with Crippen LogP contribution < -0.4 is 5.69 Å². The smallest absolute Gasteiger partial charge is 0.345 e. The number of hydrogen-bond acceptors (Lipinski definition) is 4. The molecule has 1 spiro atoms. The van der Waals surface area contributed by atoms with Gasteiger partial charge in [-0.05, 0) is 38.7 Å². The number of rotatable bonds is 1. The molecule has 1 saturated carbocycles. The van der Waals surface area contributed by atoms with Gasteiger partial charge >= 0.3 is 5.69 Å². The summed E-state index contributed by atoms with van der Waals surface area (Å²) >= 11 is 0. The third kappa shape index (κ3) is 2.60. The minimum Gasteiger partial charge on any atom is -0.392 e. The average Bonchev–Trinajstić information content (AvgIpc) is 2.78. The summed E-state index contributed by atoms with van der Waals surface area (Å²) < 4.78 is 0. The van der Waals surface area contributed by atoms with E-state index in [-0.39, 0.29) is 23.1 Å². The number of aliphatic hydroxyl groups excluding tert-OH is 1. The van der Waals surface area contributed by atoms with Gasteiger partial charge in [-0.25, -0.2) is 4.79 Å². The second-order valence-corrected chi connectivity index (χ2v) is 6.36. The Morgan fingerprint density at radius 3 is 2.90 bits per heavy atom. The molecule has 1 aromatic heterocycles. The van der Waals surface area contributed by atoms with E-state index >= 15 is 0 Å². The molecule has 0 unspecified atom stereocenters. The minimum atomic E-state index is -0.494. The highest BCUT2D eigenvalue weighted by Gasteiger charge is 2.45. The van der Waals surface area contributed by atoms with Crippen LogP contribution in [0, 0.1) is 12.3 Å². The number of piperidine rings is 1. The zero-order chi connectivity index (χ0) is 15.0. The lowest BCUT2D eigenvalue weighted by Crippen LogP contribution is -2.49. The number of H-pyrrole nitrogens is 1. The first-order valence-electron chi connectivity index (χ1n) is 7.55. The Balaban J connectivity index is 1.83. The van der Waals surface area contributed by atoms with Crippen LogP contribution in [0.15, 0.2) is 10.9 Å². The first kappa shape index (κ1) is 14.3. The lowest BCUT2D eigenvalue weighted by atomic mass is 9.76. The molecule has 1 amide bonds. The van der Waals surface area contributed by atoms with Crippen molar-refractivity contribution in [3.8, 4) is 0 Å². The number of nitrogens with zero attached hydrogens (tertiary/aromatic N) is 2. The van der Waals surface area contributed by atoms with Gasteiger partial charge in [0.25, 0.3) is 5.91 Å². The third-order valence-electron chi connectivity index (χ3n) is 4.85. The van der Waals surface area contributed by atoms with E-state index in [2.05, 4.69) is 9.97 Å². The molecule has 1 aromatic rings. The van der Waals surface area contributed by atoms with Gasteiger partial charge < -0.3 is 15.0 Å². The van der Waals surface area contributed by atoms with Crippen molar-refractivity contribution in [2.24, 2.45) is 5.41 Å². The van der Waals surface area contributed by atoms with E-state index in [9.17, 15) is 14.7 Å². The number of likely N-dealkylation sites (tertiary alicyclic amines) is 1. The Labute approximate surface area is 123 Å². The summed E-state index contributed by atoms with van der Waals surface area (Å²) in [5, 5.41) is 10.3. The van der Waals surface area contributed by atoms with Crippen LogP contribution in [0.25, 0.3) is 0 Å². The van der Waals surface area contributed by atoms with E-state index in [4.69, 9.17) is 0 Å². The summed E-state index contributed by atoms with van der Waals surface area (Å²) in [6, 6.07) is 1.61. The molecule has 114 valence electrons. The molecular weight excluding hydrogens is 270 g/mol. The first-order valence-corrected chi connectivity index (χ1v) is 7.55. The summed E-state index contributed by atoms with van der Waals surface area (Å²) in [5.41, 5.74) is 0.183. The van der Waals surface area contributed by atoms with Gasteiger partial charge in [0.15, 0.2) is 0 Å². The van der Waals surface area contributed by atoms with Crippen molar-refractivity contribution in [2.75, 3.05) is 13.1 Å². The highest BCUT2D eigenvalue weighted by Crippen LogP contribution is 2.45. The van der Waals surface area contributed by atoms with Gasteiger partial charge in [0, 0.05) is 24.2 Å². The van der Waals surface area contributed by atoms with E-state index in [0.717, 1.165) is 32.1 Å². The van der Waals surface area contributed by atoms with Crippen molar-refractivity contribution in [3.05, 3.63) is 27.9 Å². The topological polar surface area (TPSA) is 86.3 Å². The van der Waals surface area contributed by atoms with Gasteiger partial charge in [0.05, 0.1) is 6.10 Å². The monoisotopic (exact) mass is 291 g/mol. The molecule has 1 aliphatic carbocycles. The molecule has 2 fully saturated rings. The van der Waals surface area contributed by atoms with Gasteiger partial charge in [-0.2, -0.15) is 4.98 Å². The second kappa shape index (κ2) is 5.26. The summed E-state index contributed by atoms with van der Waals surface area (Å²) in [7, 11) is 0. The summed E-state index contributed by atoms with van der Waals surface area (Å²) in [4.78, 5) is 32.1. The maximum Gasteiger partial charge on any atom is 0.345 e. The van der Waals surface area contributed by atoms with Crippen LogP contribution in [0.1, 0.15) is 48.3 Å². The largest absolute Gasteiger partial charge is 0.392 e. The van der Waals surface area contributed by atoms with Crippen LogP contribution in [-0.2, 0) is 0 Å². The SMILES string of the molecule is Cc1cc(C(=O)N2CCC[C@]3(CCC[C@H]3O)C2)nc(=O)[nH]1. The Morgan fingerprint density at radius 2 is 2.24 bits per heavy atom. The molecule has 3 rings (SSSR count). The number of hydrogen-bond donors (Lipinski definition) is 2. The zero-order valence-corrected chi connectivity index (χ0v) is 12.3. The van der Waals surface area contributed by atoms with E-state index < -0.39 is 5.69 Å². The minimum absolute atomic E-state index is 0.149. The van der Waals surface area contributed by atoms with Gasteiger partial charge in [-0.15, -0.1) is 0 Å². The molecule has 21 heavy (non-hydrogen) atoms. The number of aromatic amines is 1. The number of aryl methyl sites for hydroxylation is 1. The molecule has 0 radical (unpaired) electrons. The van der Waals surface area contributed by atoms with Crippen LogP contribution in [0.3, 0.4) is 0 Å². The lowest BCUT2D eigenvalue weighted by molar-refractivity contribution is -0.00557. The summed E-state index contributed by atoms with van der Waals surface area (Å²) in [5.74, 6) is -0.206. The third-order valence-corrected chi connectivity index (χ3v) is 4.85. The molecule has 6 heteroatoms. The molecule has 6 nitrogen and oxygen atoms in total. The van der Waals surface area contributed by atoms with Gasteiger partial charge in [0.1, 0.15) is 5.69 Å². The van der Waals surface area contributed by atoms with Crippen LogP contribution >= 0.6 is 0 Å². The number of aliphatic hydroxyl groups is 1. The Bertz CT molecular complexity index is 612. The van der Waals surface area contributed by atoms with Crippen molar-refractivity contribution in [2.45, 2.75) is 45.1 Å². The van der Waals surface area contributed by atoms with E-state index in [1.807, 2.05) is 0 Å². The molecule has 1 saturated heterocycles. The number of amides is 1. The summed E-state index contributed by atoms with van der Waals surface area (Å²) in [6.07, 6.45) is 4.36. The van der Waals surface area contributed by atoms with Gasteiger partial charge in [-0.1, -0.05) is 6.42 Å². The van der Waals surface area contributed by atoms with Crippen LogP contribution in [0.2, 0.25) is 0 Å². The van der Waals surface area contributed by atoms with Gasteiger partial charge in [-0.3, -0.25) is 4.79 Å². The average molecular weight is 291 g/mol. The van der Waals surface area contributed by atoms with Crippen molar-refractivity contribution in [1.29, 1.82) is 0 Å². The normalized spacial score (nSPS) is 29.0. The molecule has 2 N–H and O–H groups in total. The number of carbonyl (C=O) groups is 1. The number of aromatic nitrogens is 2.